The van der Waals surface area contributed by atoms with Gasteiger partial charge in [-0.05, 0) is 44.4 Å². The molecule has 0 saturated heterocycles. The number of H-pyrrole nitrogens is 1. The number of aromatic nitrogens is 2. The number of nitrogens with one attached hydrogen (secondary N) is 1. The number of nitrogens with zero attached hydrogens (tertiary/aromatic N) is 3. The van der Waals surface area contributed by atoms with Gasteiger partial charge in [-0.3, -0.25) is 4.98 Å². The van der Waals surface area contributed by atoms with Crippen molar-refractivity contribution in [3.63, 3.8) is 0 Å². The average molecular weight is 427 g/mol. The van der Waals surface area contributed by atoms with E-state index in [-0.39, 0.29) is 0 Å². The van der Waals surface area contributed by atoms with E-state index in [1.807, 2.05) is 42.7 Å². The summed E-state index contributed by atoms with van der Waals surface area (Å²) in [4.78, 5) is 10.8. The third kappa shape index (κ3) is 4.36. The largest absolute Gasteiger partial charge is 0.361 e. The summed E-state index contributed by atoms with van der Waals surface area (Å²) < 4.78 is 0.990. The van der Waals surface area contributed by atoms with Crippen molar-refractivity contribution in [3.8, 4) is 6.07 Å². The summed E-state index contributed by atoms with van der Waals surface area (Å²) in [6, 6.07) is 10.4. The molecule has 0 amide bonds. The van der Waals surface area contributed by atoms with Crippen molar-refractivity contribution in [1.82, 2.24) is 14.9 Å². The lowest BCUT2D eigenvalue weighted by molar-refractivity contribution is 0.437. The zero-order valence-corrected chi connectivity index (χ0v) is 17.1. The van der Waals surface area contributed by atoms with Crippen molar-refractivity contribution in [1.29, 1.82) is 5.26 Å². The summed E-state index contributed by atoms with van der Waals surface area (Å²) in [5.74, 6) is 0.986. The minimum atomic E-state index is 0.622. The van der Waals surface area contributed by atoms with Crippen molar-refractivity contribution in [2.75, 3.05) is 26.4 Å². The first kappa shape index (κ1) is 18.7. The first-order valence-corrected chi connectivity index (χ1v) is 9.96. The van der Waals surface area contributed by atoms with Crippen LogP contribution in [0.25, 0.3) is 22.6 Å². The van der Waals surface area contributed by atoms with Crippen LogP contribution in [0.3, 0.4) is 0 Å². The van der Waals surface area contributed by atoms with Gasteiger partial charge in [-0.2, -0.15) is 5.26 Å². The van der Waals surface area contributed by atoms with Crippen LogP contribution >= 0.6 is 27.7 Å². The number of hydrogen-bond acceptors (Lipinski definition) is 4. The van der Waals surface area contributed by atoms with Gasteiger partial charge in [-0.15, -0.1) is 11.8 Å². The number of benzene rings is 1. The van der Waals surface area contributed by atoms with Gasteiger partial charge in [0, 0.05) is 62.3 Å². The molecule has 0 atom stereocenters. The molecule has 0 fully saturated rings. The minimum absolute atomic E-state index is 0.622. The number of halogens is 1. The fourth-order valence-corrected chi connectivity index (χ4v) is 4.09. The number of allylic oxidation sites excluding steroid dienone is 1. The summed E-state index contributed by atoms with van der Waals surface area (Å²) >= 11 is 5.29. The predicted molar refractivity (Wildman–Crippen MR) is 113 cm³/mol. The van der Waals surface area contributed by atoms with Crippen molar-refractivity contribution in [3.05, 3.63) is 58.5 Å². The van der Waals surface area contributed by atoms with Crippen LogP contribution in [0.5, 0.6) is 0 Å². The maximum absolute atomic E-state index is 9.75. The molecule has 0 unspecified atom stereocenters. The van der Waals surface area contributed by atoms with Crippen molar-refractivity contribution >= 4 is 50.2 Å². The summed E-state index contributed by atoms with van der Waals surface area (Å²) in [7, 11) is 4.13. The van der Waals surface area contributed by atoms with Gasteiger partial charge in [0.1, 0.15) is 0 Å². The molecule has 0 bridgehead atoms. The Morgan fingerprint density at radius 2 is 2.23 bits per heavy atom. The van der Waals surface area contributed by atoms with Gasteiger partial charge >= 0.3 is 0 Å². The van der Waals surface area contributed by atoms with E-state index in [1.54, 1.807) is 18.0 Å². The molecule has 1 N–H and O–H groups in total. The Hall–Kier alpha value is -2.07. The van der Waals surface area contributed by atoms with Crippen LogP contribution in [0.4, 0.5) is 0 Å². The van der Waals surface area contributed by atoms with Gasteiger partial charge in [-0.25, -0.2) is 0 Å². The van der Waals surface area contributed by atoms with Crippen molar-refractivity contribution in [2.45, 2.75) is 4.90 Å². The highest BCUT2D eigenvalue weighted by molar-refractivity contribution is 9.10. The van der Waals surface area contributed by atoms with E-state index in [1.165, 1.54) is 0 Å². The molecule has 0 spiro atoms. The zero-order chi connectivity index (χ0) is 18.5. The van der Waals surface area contributed by atoms with E-state index in [0.29, 0.717) is 5.57 Å². The summed E-state index contributed by atoms with van der Waals surface area (Å²) in [6.07, 6.45) is 7.43. The summed E-state index contributed by atoms with van der Waals surface area (Å²) in [5, 5.41) is 10.8. The Morgan fingerprint density at radius 3 is 3.00 bits per heavy atom. The fraction of sp³-hybridized carbons (Fsp3) is 0.200. The molecule has 0 saturated carbocycles. The topological polar surface area (TPSA) is 55.7 Å². The van der Waals surface area contributed by atoms with Crippen LogP contribution in [0.2, 0.25) is 0 Å². The third-order valence-electron chi connectivity index (χ3n) is 3.96. The van der Waals surface area contributed by atoms with Crippen LogP contribution in [-0.4, -0.2) is 41.3 Å². The molecule has 2 heterocycles. The SMILES string of the molecule is CN(C)CCSc1ccncc1/C=C(\C#N)c1c[nH]c2ccc(Br)cc12. The van der Waals surface area contributed by atoms with E-state index in [9.17, 15) is 5.26 Å². The molecule has 2 aromatic heterocycles. The van der Waals surface area contributed by atoms with Gasteiger partial charge in [-0.1, -0.05) is 15.9 Å². The maximum atomic E-state index is 9.75. The molecule has 0 radical (unpaired) electrons. The van der Waals surface area contributed by atoms with Gasteiger partial charge in [0.25, 0.3) is 0 Å². The summed E-state index contributed by atoms with van der Waals surface area (Å²) in [6.45, 7) is 0.998. The second kappa shape index (κ2) is 8.54. The highest BCUT2D eigenvalue weighted by Gasteiger charge is 2.11. The van der Waals surface area contributed by atoms with E-state index in [2.05, 4.69) is 51.0 Å². The lowest BCUT2D eigenvalue weighted by atomic mass is 10.0. The first-order chi connectivity index (χ1) is 12.6. The van der Waals surface area contributed by atoms with Crippen LogP contribution in [0, 0.1) is 11.3 Å². The number of pyridine rings is 1. The van der Waals surface area contributed by atoms with Gasteiger partial charge in [0.05, 0.1) is 11.6 Å². The molecular weight excluding hydrogens is 408 g/mol. The molecule has 0 aliphatic rings. The highest BCUT2D eigenvalue weighted by atomic mass is 79.9. The molecular formula is C20H19BrN4S. The molecule has 132 valence electrons. The predicted octanol–water partition coefficient (Wildman–Crippen LogP) is 5.04. The van der Waals surface area contributed by atoms with Crippen LogP contribution < -0.4 is 0 Å². The normalized spacial score (nSPS) is 11.9. The van der Waals surface area contributed by atoms with Crippen molar-refractivity contribution in [2.24, 2.45) is 0 Å². The van der Waals surface area contributed by atoms with Crippen LogP contribution in [0.1, 0.15) is 11.1 Å². The fourth-order valence-electron chi connectivity index (χ4n) is 2.61. The lowest BCUT2D eigenvalue weighted by Gasteiger charge is -2.10. The average Bonchev–Trinajstić information content (AvgIpc) is 3.03. The molecule has 3 rings (SSSR count). The third-order valence-corrected chi connectivity index (χ3v) is 5.52. The zero-order valence-electron chi connectivity index (χ0n) is 14.7. The molecule has 0 aliphatic heterocycles. The van der Waals surface area contributed by atoms with E-state index >= 15 is 0 Å². The Bertz CT molecular complexity index is 985. The summed E-state index contributed by atoms with van der Waals surface area (Å²) in [5.41, 5.74) is 3.50. The number of rotatable bonds is 6. The maximum Gasteiger partial charge on any atom is 0.0998 e. The molecule has 4 nitrogen and oxygen atoms in total. The second-order valence-corrected chi connectivity index (χ2v) is 8.18. The number of hydrogen-bond donors (Lipinski definition) is 1. The Kier molecular flexibility index (Phi) is 6.15. The molecule has 3 aromatic rings. The lowest BCUT2D eigenvalue weighted by Crippen LogP contribution is -2.14. The number of aromatic amines is 1. The molecule has 26 heavy (non-hydrogen) atoms. The number of nitriles is 1. The van der Waals surface area contributed by atoms with Gasteiger partial charge < -0.3 is 9.88 Å². The minimum Gasteiger partial charge on any atom is -0.361 e. The monoisotopic (exact) mass is 426 g/mol. The Labute approximate surface area is 166 Å². The molecule has 6 heteroatoms. The quantitative estimate of drug-likeness (QED) is 0.442. The van der Waals surface area contributed by atoms with Crippen LogP contribution in [0.15, 0.2) is 52.2 Å². The molecule has 1 aromatic carbocycles. The Morgan fingerprint density at radius 1 is 1.38 bits per heavy atom. The van der Waals surface area contributed by atoms with Gasteiger partial charge in [0.2, 0.25) is 0 Å². The molecule has 0 aliphatic carbocycles. The Balaban J connectivity index is 1.97. The standard InChI is InChI=1S/C20H19BrN4S/c1-25(2)7-8-26-20-5-6-23-12-15(20)9-14(11-22)18-13-24-19-4-3-16(21)10-17(18)19/h3-6,9-10,12-13,24H,7-8H2,1-2H3/b14-9+. The van der Waals surface area contributed by atoms with E-state index < -0.39 is 0 Å². The smallest absolute Gasteiger partial charge is 0.0998 e. The van der Waals surface area contributed by atoms with Gasteiger partial charge in [0.15, 0.2) is 0 Å². The van der Waals surface area contributed by atoms with Crippen LogP contribution in [-0.2, 0) is 0 Å². The van der Waals surface area contributed by atoms with E-state index in [0.717, 1.165) is 43.7 Å². The second-order valence-electron chi connectivity index (χ2n) is 6.13. The highest BCUT2D eigenvalue weighted by Crippen LogP contribution is 2.30. The van der Waals surface area contributed by atoms with Crippen molar-refractivity contribution < 1.29 is 0 Å². The first-order valence-electron chi connectivity index (χ1n) is 8.19. The number of fused-ring (bicyclic) bond motifs is 1. The van der Waals surface area contributed by atoms with E-state index in [4.69, 9.17) is 0 Å². The number of thioether (sulfide) groups is 1.